The van der Waals surface area contributed by atoms with Crippen LogP contribution in [0.4, 0.5) is 11.6 Å². The first-order valence-electron chi connectivity index (χ1n) is 9.06. The second-order valence-electron chi connectivity index (χ2n) is 6.67. The summed E-state index contributed by atoms with van der Waals surface area (Å²) in [6.07, 6.45) is 3.29. The van der Waals surface area contributed by atoms with Gasteiger partial charge >= 0.3 is 0 Å². The highest BCUT2D eigenvalue weighted by atomic mass is 32.1. The SMILES string of the molecule is Cc1cccnc1NC(=O)C1CCN(c2ccc(-c3cccs3)nn2)CC1. The van der Waals surface area contributed by atoms with Crippen molar-refractivity contribution in [1.82, 2.24) is 15.2 Å². The maximum atomic E-state index is 12.5. The molecule has 1 aliphatic rings. The molecule has 1 fully saturated rings. The van der Waals surface area contributed by atoms with Crippen LogP contribution in [-0.2, 0) is 4.79 Å². The Hall–Kier alpha value is -2.80. The first-order valence-corrected chi connectivity index (χ1v) is 9.94. The lowest BCUT2D eigenvalue weighted by atomic mass is 9.96. The molecule has 7 heteroatoms. The number of carbonyl (C=O) groups is 1. The van der Waals surface area contributed by atoms with Gasteiger partial charge in [0.25, 0.3) is 0 Å². The summed E-state index contributed by atoms with van der Waals surface area (Å²) in [6.45, 7) is 3.54. The summed E-state index contributed by atoms with van der Waals surface area (Å²) in [5.74, 6) is 1.58. The van der Waals surface area contributed by atoms with Crippen molar-refractivity contribution in [3.8, 4) is 10.6 Å². The molecule has 1 amide bonds. The molecule has 0 saturated carbocycles. The lowest BCUT2D eigenvalue weighted by Crippen LogP contribution is -2.38. The van der Waals surface area contributed by atoms with Crippen molar-refractivity contribution in [3.05, 3.63) is 53.5 Å². The molecular formula is C20H21N5OS. The van der Waals surface area contributed by atoms with E-state index in [1.807, 2.05) is 48.7 Å². The van der Waals surface area contributed by atoms with E-state index in [1.54, 1.807) is 17.5 Å². The summed E-state index contributed by atoms with van der Waals surface area (Å²) in [5, 5.41) is 13.7. The minimum atomic E-state index is 0.000933. The van der Waals surface area contributed by atoms with E-state index in [9.17, 15) is 4.79 Å². The van der Waals surface area contributed by atoms with Gasteiger partial charge in [-0.25, -0.2) is 4.98 Å². The van der Waals surface area contributed by atoms with Crippen LogP contribution in [0.15, 0.2) is 48.0 Å². The van der Waals surface area contributed by atoms with Gasteiger partial charge in [-0.15, -0.1) is 21.5 Å². The molecule has 1 saturated heterocycles. The smallest absolute Gasteiger partial charge is 0.228 e. The van der Waals surface area contributed by atoms with E-state index in [0.29, 0.717) is 5.82 Å². The summed E-state index contributed by atoms with van der Waals surface area (Å²) < 4.78 is 0. The van der Waals surface area contributed by atoms with Gasteiger partial charge in [0.05, 0.1) is 4.88 Å². The zero-order valence-electron chi connectivity index (χ0n) is 15.1. The summed E-state index contributed by atoms with van der Waals surface area (Å²) in [6, 6.07) is 11.9. The number of aromatic nitrogens is 3. The zero-order valence-corrected chi connectivity index (χ0v) is 15.9. The van der Waals surface area contributed by atoms with Crippen LogP contribution >= 0.6 is 11.3 Å². The summed E-state index contributed by atoms with van der Waals surface area (Å²) >= 11 is 1.66. The third-order valence-corrected chi connectivity index (χ3v) is 5.76. The fraction of sp³-hybridized carbons (Fsp3) is 0.300. The van der Waals surface area contributed by atoms with E-state index >= 15 is 0 Å². The van der Waals surface area contributed by atoms with Gasteiger partial charge in [0.2, 0.25) is 5.91 Å². The molecule has 4 rings (SSSR count). The largest absolute Gasteiger partial charge is 0.355 e. The lowest BCUT2D eigenvalue weighted by Gasteiger charge is -2.31. The molecule has 138 valence electrons. The molecule has 0 aromatic carbocycles. The average Bonchev–Trinajstić information content (AvgIpc) is 3.25. The number of anilines is 2. The van der Waals surface area contributed by atoms with Crippen LogP contribution in [-0.4, -0.2) is 34.2 Å². The van der Waals surface area contributed by atoms with Gasteiger partial charge in [-0.05, 0) is 55.0 Å². The average molecular weight is 379 g/mol. The molecule has 27 heavy (non-hydrogen) atoms. The summed E-state index contributed by atoms with van der Waals surface area (Å²) in [7, 11) is 0. The van der Waals surface area contributed by atoms with Gasteiger partial charge in [0, 0.05) is 25.2 Å². The predicted molar refractivity (Wildman–Crippen MR) is 108 cm³/mol. The maximum Gasteiger partial charge on any atom is 0.228 e. The molecule has 0 atom stereocenters. The fourth-order valence-corrected chi connectivity index (χ4v) is 3.95. The van der Waals surface area contributed by atoms with Gasteiger partial charge < -0.3 is 10.2 Å². The van der Waals surface area contributed by atoms with Crippen molar-refractivity contribution in [2.75, 3.05) is 23.3 Å². The fourth-order valence-electron chi connectivity index (χ4n) is 3.26. The van der Waals surface area contributed by atoms with E-state index in [-0.39, 0.29) is 11.8 Å². The van der Waals surface area contributed by atoms with Crippen LogP contribution in [0.3, 0.4) is 0 Å². The number of hydrogen-bond donors (Lipinski definition) is 1. The lowest BCUT2D eigenvalue weighted by molar-refractivity contribution is -0.120. The van der Waals surface area contributed by atoms with Crippen LogP contribution in [0, 0.1) is 12.8 Å². The normalized spacial score (nSPS) is 14.9. The highest BCUT2D eigenvalue weighted by Gasteiger charge is 2.26. The Morgan fingerprint density at radius 1 is 1.15 bits per heavy atom. The van der Waals surface area contributed by atoms with Gasteiger partial charge in [0.1, 0.15) is 11.5 Å². The number of piperidine rings is 1. The Bertz CT molecular complexity index is 902. The highest BCUT2D eigenvalue weighted by molar-refractivity contribution is 7.13. The number of nitrogens with one attached hydrogen (secondary N) is 1. The Labute approximate surface area is 162 Å². The van der Waals surface area contributed by atoms with Gasteiger partial charge in [-0.1, -0.05) is 12.1 Å². The Morgan fingerprint density at radius 3 is 2.67 bits per heavy atom. The molecule has 0 radical (unpaired) electrons. The number of aryl methyl sites for hydroxylation is 1. The molecule has 0 aliphatic carbocycles. The number of carbonyl (C=O) groups excluding carboxylic acids is 1. The van der Waals surface area contributed by atoms with Gasteiger partial charge in [-0.2, -0.15) is 0 Å². The number of pyridine rings is 1. The van der Waals surface area contributed by atoms with Crippen molar-refractivity contribution >= 4 is 28.9 Å². The van der Waals surface area contributed by atoms with Gasteiger partial charge in [-0.3, -0.25) is 4.79 Å². The number of rotatable bonds is 4. The zero-order chi connectivity index (χ0) is 18.6. The molecule has 0 spiro atoms. The van der Waals surface area contributed by atoms with E-state index in [2.05, 4.69) is 25.4 Å². The van der Waals surface area contributed by atoms with E-state index in [4.69, 9.17) is 0 Å². The first-order chi connectivity index (χ1) is 13.2. The Balaban J connectivity index is 1.34. The van der Waals surface area contributed by atoms with Crippen LogP contribution in [0.25, 0.3) is 10.6 Å². The van der Waals surface area contributed by atoms with Crippen LogP contribution < -0.4 is 10.2 Å². The maximum absolute atomic E-state index is 12.5. The summed E-state index contributed by atoms with van der Waals surface area (Å²) in [5.41, 5.74) is 1.87. The van der Waals surface area contributed by atoms with Crippen LogP contribution in [0.5, 0.6) is 0 Å². The Kier molecular flexibility index (Phi) is 5.11. The third kappa shape index (κ3) is 3.98. The monoisotopic (exact) mass is 379 g/mol. The number of amides is 1. The molecular weight excluding hydrogens is 358 g/mol. The second kappa shape index (κ2) is 7.84. The minimum Gasteiger partial charge on any atom is -0.355 e. The van der Waals surface area contributed by atoms with E-state index in [0.717, 1.165) is 47.9 Å². The van der Waals surface area contributed by atoms with Crippen molar-refractivity contribution < 1.29 is 4.79 Å². The van der Waals surface area contributed by atoms with Crippen LogP contribution in [0.1, 0.15) is 18.4 Å². The molecule has 3 aromatic heterocycles. The molecule has 1 N–H and O–H groups in total. The van der Waals surface area contributed by atoms with Crippen molar-refractivity contribution in [1.29, 1.82) is 0 Å². The topological polar surface area (TPSA) is 71.0 Å². The summed E-state index contributed by atoms with van der Waals surface area (Å²) in [4.78, 5) is 20.1. The number of nitrogens with zero attached hydrogens (tertiary/aromatic N) is 4. The van der Waals surface area contributed by atoms with Gasteiger partial charge in [0.15, 0.2) is 5.82 Å². The molecule has 4 heterocycles. The van der Waals surface area contributed by atoms with Crippen molar-refractivity contribution in [2.45, 2.75) is 19.8 Å². The molecule has 1 aliphatic heterocycles. The van der Waals surface area contributed by atoms with Crippen molar-refractivity contribution in [3.63, 3.8) is 0 Å². The first kappa shape index (κ1) is 17.6. The van der Waals surface area contributed by atoms with E-state index in [1.165, 1.54) is 0 Å². The van der Waals surface area contributed by atoms with E-state index < -0.39 is 0 Å². The molecule has 3 aromatic rings. The Morgan fingerprint density at radius 2 is 2.00 bits per heavy atom. The molecule has 0 unspecified atom stereocenters. The molecule has 6 nitrogen and oxygen atoms in total. The highest BCUT2D eigenvalue weighted by Crippen LogP contribution is 2.26. The quantitative estimate of drug-likeness (QED) is 0.747. The third-order valence-electron chi connectivity index (χ3n) is 4.86. The second-order valence-corrected chi connectivity index (χ2v) is 7.62. The van der Waals surface area contributed by atoms with Crippen LogP contribution in [0.2, 0.25) is 0 Å². The predicted octanol–water partition coefficient (Wildman–Crippen LogP) is 3.76. The van der Waals surface area contributed by atoms with Crippen molar-refractivity contribution in [2.24, 2.45) is 5.92 Å². The standard InChI is InChI=1S/C20H21N5OS/c1-14-4-2-10-21-19(14)22-20(26)15-8-11-25(12-9-15)18-7-6-16(23-24-18)17-5-3-13-27-17/h2-7,10,13,15H,8-9,11-12H2,1H3,(H,21,22,26). The number of thiophene rings is 1. The number of hydrogen-bond acceptors (Lipinski definition) is 6. The minimum absolute atomic E-state index is 0.000933. The molecule has 0 bridgehead atoms.